The number of amides is 1. The van der Waals surface area contributed by atoms with Crippen LogP contribution in [0.4, 0.5) is 5.82 Å². The van der Waals surface area contributed by atoms with Gasteiger partial charge in [-0.1, -0.05) is 12.5 Å². The number of esters is 1. The minimum Gasteiger partial charge on any atom is -0.456 e. The van der Waals surface area contributed by atoms with Crippen molar-refractivity contribution in [2.24, 2.45) is 0 Å². The predicted molar refractivity (Wildman–Crippen MR) is 121 cm³/mol. The molecule has 3 aromatic rings. The number of anilines is 1. The van der Waals surface area contributed by atoms with Gasteiger partial charge in [-0.3, -0.25) is 9.59 Å². The van der Waals surface area contributed by atoms with Gasteiger partial charge in [-0.15, -0.1) is 11.3 Å². The van der Waals surface area contributed by atoms with Crippen molar-refractivity contribution in [3.63, 3.8) is 0 Å². The Balaban J connectivity index is 1.36. The molecule has 8 heteroatoms. The average Bonchev–Trinajstić information content (AvgIpc) is 2.94. The lowest BCUT2D eigenvalue weighted by molar-refractivity contribution is -0.143. The van der Waals surface area contributed by atoms with Gasteiger partial charge in [-0.2, -0.15) is 0 Å². The lowest BCUT2D eigenvalue weighted by atomic mass is 10.1. The molecule has 0 saturated carbocycles. The number of aryl methyl sites for hydroxylation is 4. The standard InChI is InChI=1S/C23H26N4O3S/c1-13-8-9-15(10-14(13)2)22(29)25-11-19(28)30-12-18-26-21(24)20-16-6-4-3-5-7-17(16)31-23(20)27-18/h8-10H,3-7,11-12H2,1-2H3,(H,25,29)(H2,24,26,27). The van der Waals surface area contributed by atoms with Crippen LogP contribution >= 0.6 is 11.3 Å². The van der Waals surface area contributed by atoms with Crippen LogP contribution in [0.25, 0.3) is 10.2 Å². The summed E-state index contributed by atoms with van der Waals surface area (Å²) in [6.07, 6.45) is 5.65. The number of nitrogens with one attached hydrogen (secondary N) is 1. The number of carbonyl (C=O) groups excluding carboxylic acids is 2. The number of benzene rings is 1. The van der Waals surface area contributed by atoms with Crippen molar-refractivity contribution in [3.05, 3.63) is 51.2 Å². The predicted octanol–water partition coefficient (Wildman–Crippen LogP) is 3.63. The second-order valence-corrected chi connectivity index (χ2v) is 9.00. The zero-order valence-corrected chi connectivity index (χ0v) is 18.6. The van der Waals surface area contributed by atoms with Crippen LogP contribution in [0.1, 0.15) is 57.0 Å². The smallest absolute Gasteiger partial charge is 0.325 e. The van der Waals surface area contributed by atoms with Crippen LogP contribution in [0.5, 0.6) is 0 Å². The first-order valence-electron chi connectivity index (χ1n) is 10.5. The SMILES string of the molecule is Cc1ccc(C(=O)NCC(=O)OCc2nc(N)c3c4c(sc3n2)CCCCC4)cc1C. The van der Waals surface area contributed by atoms with E-state index in [2.05, 4.69) is 15.3 Å². The summed E-state index contributed by atoms with van der Waals surface area (Å²) < 4.78 is 5.25. The molecule has 0 bridgehead atoms. The first kappa shape index (κ1) is 21.2. The molecule has 0 atom stereocenters. The second-order valence-electron chi connectivity index (χ2n) is 7.91. The molecular weight excluding hydrogens is 412 g/mol. The molecule has 7 nitrogen and oxygen atoms in total. The Morgan fingerprint density at radius 2 is 1.94 bits per heavy atom. The van der Waals surface area contributed by atoms with Crippen molar-refractivity contribution in [1.82, 2.24) is 15.3 Å². The summed E-state index contributed by atoms with van der Waals surface area (Å²) >= 11 is 1.66. The highest BCUT2D eigenvalue weighted by Crippen LogP contribution is 2.37. The zero-order valence-electron chi connectivity index (χ0n) is 17.8. The van der Waals surface area contributed by atoms with Gasteiger partial charge in [0.2, 0.25) is 0 Å². The topological polar surface area (TPSA) is 107 Å². The third-order valence-electron chi connectivity index (χ3n) is 5.66. The van der Waals surface area contributed by atoms with Crippen LogP contribution in [0.15, 0.2) is 18.2 Å². The minimum absolute atomic E-state index is 0.0823. The first-order chi connectivity index (χ1) is 14.9. The molecule has 3 N–H and O–H groups in total. The van der Waals surface area contributed by atoms with Gasteiger partial charge in [0.15, 0.2) is 12.4 Å². The molecule has 0 radical (unpaired) electrons. The van der Waals surface area contributed by atoms with Crippen LogP contribution in [0, 0.1) is 13.8 Å². The highest BCUT2D eigenvalue weighted by atomic mass is 32.1. The van der Waals surface area contributed by atoms with E-state index in [-0.39, 0.29) is 19.1 Å². The average molecular weight is 439 g/mol. The summed E-state index contributed by atoms with van der Waals surface area (Å²) in [7, 11) is 0. The van der Waals surface area contributed by atoms with E-state index in [0.29, 0.717) is 17.2 Å². The number of rotatable bonds is 5. The van der Waals surface area contributed by atoms with Gasteiger partial charge in [0.05, 0.1) is 5.39 Å². The van der Waals surface area contributed by atoms with Gasteiger partial charge < -0.3 is 15.8 Å². The van der Waals surface area contributed by atoms with E-state index in [1.165, 1.54) is 23.3 Å². The number of ether oxygens (including phenoxy) is 1. The second kappa shape index (κ2) is 9.01. The van der Waals surface area contributed by atoms with Gasteiger partial charge >= 0.3 is 5.97 Å². The van der Waals surface area contributed by atoms with Crippen molar-refractivity contribution < 1.29 is 14.3 Å². The summed E-state index contributed by atoms with van der Waals surface area (Å²) in [5.74, 6) is -0.0581. The normalized spacial score (nSPS) is 13.5. The molecule has 0 spiro atoms. The van der Waals surface area contributed by atoms with Crippen LogP contribution < -0.4 is 11.1 Å². The molecule has 0 aliphatic heterocycles. The molecular formula is C23H26N4O3S. The maximum absolute atomic E-state index is 12.2. The molecule has 4 rings (SSSR count). The fourth-order valence-corrected chi connectivity index (χ4v) is 5.09. The first-order valence-corrected chi connectivity index (χ1v) is 11.3. The molecule has 1 aromatic carbocycles. The Labute approximate surface area is 185 Å². The summed E-state index contributed by atoms with van der Waals surface area (Å²) in [4.78, 5) is 35.5. The molecule has 2 aromatic heterocycles. The maximum Gasteiger partial charge on any atom is 0.325 e. The number of carbonyl (C=O) groups is 2. The van der Waals surface area contributed by atoms with Crippen LogP contribution in [0.2, 0.25) is 0 Å². The molecule has 1 amide bonds. The number of nitrogen functional groups attached to an aromatic ring is 1. The molecule has 2 heterocycles. The molecule has 0 fully saturated rings. The summed E-state index contributed by atoms with van der Waals surface area (Å²) in [6, 6.07) is 5.41. The summed E-state index contributed by atoms with van der Waals surface area (Å²) in [5.41, 5.74) is 10.1. The van der Waals surface area contributed by atoms with Crippen molar-refractivity contribution in [1.29, 1.82) is 0 Å². The van der Waals surface area contributed by atoms with Crippen molar-refractivity contribution in [2.45, 2.75) is 52.6 Å². The van der Waals surface area contributed by atoms with Crippen LogP contribution in [0.3, 0.4) is 0 Å². The fraction of sp³-hybridized carbons (Fsp3) is 0.391. The largest absolute Gasteiger partial charge is 0.456 e. The lowest BCUT2D eigenvalue weighted by Gasteiger charge is -2.08. The number of hydrogen-bond donors (Lipinski definition) is 2. The van der Waals surface area contributed by atoms with Gasteiger partial charge in [0.25, 0.3) is 5.91 Å². The van der Waals surface area contributed by atoms with Crippen molar-refractivity contribution >= 4 is 39.2 Å². The number of fused-ring (bicyclic) bond motifs is 3. The van der Waals surface area contributed by atoms with Crippen LogP contribution in [-0.2, 0) is 29.0 Å². The van der Waals surface area contributed by atoms with E-state index in [1.807, 2.05) is 19.9 Å². The minimum atomic E-state index is -0.554. The Kier molecular flexibility index (Phi) is 6.18. The Hall–Kier alpha value is -3.00. The molecule has 1 aliphatic rings. The van der Waals surface area contributed by atoms with Crippen molar-refractivity contribution in [3.8, 4) is 0 Å². The molecule has 0 unspecified atom stereocenters. The third-order valence-corrected chi connectivity index (χ3v) is 6.85. The maximum atomic E-state index is 12.2. The lowest BCUT2D eigenvalue weighted by Crippen LogP contribution is -2.30. The number of aromatic nitrogens is 2. The van der Waals surface area contributed by atoms with E-state index < -0.39 is 5.97 Å². The number of thiophene rings is 1. The van der Waals surface area contributed by atoms with Gasteiger partial charge in [0, 0.05) is 10.4 Å². The van der Waals surface area contributed by atoms with Crippen molar-refractivity contribution in [2.75, 3.05) is 12.3 Å². The van der Waals surface area contributed by atoms with E-state index in [4.69, 9.17) is 10.5 Å². The number of nitrogens with zero attached hydrogens (tertiary/aromatic N) is 2. The Morgan fingerprint density at radius 3 is 2.74 bits per heavy atom. The van der Waals surface area contributed by atoms with Crippen LogP contribution in [-0.4, -0.2) is 28.4 Å². The zero-order chi connectivity index (χ0) is 22.0. The highest BCUT2D eigenvalue weighted by Gasteiger charge is 2.19. The van der Waals surface area contributed by atoms with E-state index in [9.17, 15) is 9.59 Å². The van der Waals surface area contributed by atoms with Gasteiger partial charge in [0.1, 0.15) is 17.2 Å². The highest BCUT2D eigenvalue weighted by molar-refractivity contribution is 7.19. The van der Waals surface area contributed by atoms with E-state index >= 15 is 0 Å². The molecule has 1 aliphatic carbocycles. The van der Waals surface area contributed by atoms with Gasteiger partial charge in [-0.25, -0.2) is 9.97 Å². The monoisotopic (exact) mass is 438 g/mol. The van der Waals surface area contributed by atoms with E-state index in [0.717, 1.165) is 40.6 Å². The molecule has 162 valence electrons. The fourth-order valence-electron chi connectivity index (χ4n) is 3.81. The summed E-state index contributed by atoms with van der Waals surface area (Å²) in [5, 5.41) is 3.54. The van der Waals surface area contributed by atoms with Gasteiger partial charge in [-0.05, 0) is 68.4 Å². The Morgan fingerprint density at radius 1 is 1.13 bits per heavy atom. The quantitative estimate of drug-likeness (QED) is 0.465. The number of hydrogen-bond acceptors (Lipinski definition) is 7. The third kappa shape index (κ3) is 4.69. The summed E-state index contributed by atoms with van der Waals surface area (Å²) in [6.45, 7) is 3.61. The Bertz CT molecular complexity index is 1160. The molecule has 31 heavy (non-hydrogen) atoms. The van der Waals surface area contributed by atoms with E-state index in [1.54, 1.807) is 23.5 Å². The number of nitrogens with two attached hydrogens (primary N) is 1. The molecule has 0 saturated heterocycles.